The number of nitrogens with zero attached hydrogens (tertiary/aromatic N) is 1. The number of ether oxygens (including phenoxy) is 3. The highest BCUT2D eigenvalue weighted by molar-refractivity contribution is 5.78. The number of carbonyl (C=O) groups excluding carboxylic acids is 1. The van der Waals surface area contributed by atoms with Gasteiger partial charge in [0.1, 0.15) is 17.8 Å². The number of carbonyl (C=O) groups is 1. The summed E-state index contributed by atoms with van der Waals surface area (Å²) >= 11 is 0. The third-order valence-electron chi connectivity index (χ3n) is 9.25. The van der Waals surface area contributed by atoms with E-state index in [1.165, 1.54) is 11.8 Å². The van der Waals surface area contributed by atoms with Crippen LogP contribution in [0.3, 0.4) is 0 Å². The monoisotopic (exact) mass is 576 g/mol. The van der Waals surface area contributed by atoms with Gasteiger partial charge < -0.3 is 50.0 Å². The summed E-state index contributed by atoms with van der Waals surface area (Å²) in [6, 6.07) is -1.04. The average Bonchev–Trinajstić information content (AvgIpc) is 2.89. The maximum Gasteiger partial charge on any atom is 0.225 e. The Hall–Kier alpha value is -0.890. The topological polar surface area (TPSA) is 161 Å². The molecule has 14 atom stereocenters. The molecule has 0 aromatic carbocycles. The largest absolute Gasteiger partial charge is 0.392 e. The minimum atomic E-state index is -1.67. The predicted octanol–water partition coefficient (Wildman–Crippen LogP) is 0.633. The van der Waals surface area contributed by atoms with Crippen LogP contribution in [-0.4, -0.2) is 123 Å². The lowest BCUT2D eigenvalue weighted by molar-refractivity contribution is -0.294. The summed E-state index contributed by atoms with van der Waals surface area (Å²) in [5.74, 6) is -2.13. The van der Waals surface area contributed by atoms with Gasteiger partial charge in [0.25, 0.3) is 0 Å². The lowest BCUT2D eigenvalue weighted by Crippen LogP contribution is -2.59. The molecule has 11 nitrogen and oxygen atoms in total. The van der Waals surface area contributed by atoms with E-state index in [4.69, 9.17) is 14.2 Å². The van der Waals surface area contributed by atoms with Crippen molar-refractivity contribution in [3.05, 3.63) is 0 Å². The first kappa shape index (κ1) is 35.3. The van der Waals surface area contributed by atoms with E-state index in [0.717, 1.165) is 0 Å². The van der Waals surface area contributed by atoms with E-state index in [0.29, 0.717) is 12.8 Å². The van der Waals surface area contributed by atoms with E-state index in [2.05, 4.69) is 5.32 Å². The van der Waals surface area contributed by atoms with Crippen LogP contribution in [0.1, 0.15) is 74.7 Å². The molecule has 0 bridgehead atoms. The second-order valence-electron chi connectivity index (χ2n) is 12.9. The smallest absolute Gasteiger partial charge is 0.225 e. The van der Waals surface area contributed by atoms with E-state index in [1.807, 2.05) is 13.8 Å². The zero-order valence-electron chi connectivity index (χ0n) is 26.1. The van der Waals surface area contributed by atoms with Gasteiger partial charge >= 0.3 is 0 Å². The standard InChI is InChI=1S/C29H56N2O9/c1-11-21-29(8,37)24(34)19(6)31(10)26(35)15(2)13-28(7,36)25(18(5)22(32)16(3)14-38-21)40-27-23(33)20(30-9)12-17(4)39-27/h15-25,27,30,32-34,36-37H,11-14H2,1-10H3/t15-,16-,17-,18+,19-,20+,21-,22+,23-,24-,25-,27+,28-,29-/m1/s1. The quantitative estimate of drug-likeness (QED) is 0.280. The van der Waals surface area contributed by atoms with Gasteiger partial charge in [-0.25, -0.2) is 0 Å². The summed E-state index contributed by atoms with van der Waals surface area (Å²) in [5.41, 5.74) is -3.29. The van der Waals surface area contributed by atoms with Gasteiger partial charge in [-0.15, -0.1) is 0 Å². The zero-order valence-corrected chi connectivity index (χ0v) is 26.1. The van der Waals surface area contributed by atoms with Crippen LogP contribution in [-0.2, 0) is 19.0 Å². The van der Waals surface area contributed by atoms with E-state index >= 15 is 0 Å². The molecule has 236 valence electrons. The second-order valence-corrected chi connectivity index (χ2v) is 12.9. The van der Waals surface area contributed by atoms with Gasteiger partial charge in [-0.05, 0) is 54.0 Å². The number of rotatable bonds is 4. The Morgan fingerprint density at radius 2 is 1.68 bits per heavy atom. The molecule has 0 unspecified atom stereocenters. The number of likely N-dealkylation sites (N-methyl/N-ethyl adjacent to an activating group) is 2. The van der Waals surface area contributed by atoms with Crippen LogP contribution >= 0.6 is 0 Å². The molecule has 2 rings (SSSR count). The number of amides is 1. The molecular weight excluding hydrogens is 520 g/mol. The fourth-order valence-corrected chi connectivity index (χ4v) is 6.46. The van der Waals surface area contributed by atoms with Crippen LogP contribution in [0, 0.1) is 17.8 Å². The highest BCUT2D eigenvalue weighted by Gasteiger charge is 2.49. The fraction of sp³-hybridized carbons (Fsp3) is 0.966. The molecule has 2 saturated heterocycles. The summed E-state index contributed by atoms with van der Waals surface area (Å²) in [6.45, 7) is 13.7. The van der Waals surface area contributed by atoms with Crippen molar-refractivity contribution in [2.75, 3.05) is 20.7 Å². The normalized spacial score (nSPS) is 48.9. The summed E-state index contributed by atoms with van der Waals surface area (Å²) in [6.07, 6.45) is -5.46. The molecule has 2 aliphatic rings. The molecule has 1 amide bonds. The molecule has 0 saturated carbocycles. The third kappa shape index (κ3) is 7.73. The number of aliphatic hydroxyl groups excluding tert-OH is 3. The van der Waals surface area contributed by atoms with Crippen molar-refractivity contribution in [3.63, 3.8) is 0 Å². The minimum Gasteiger partial charge on any atom is -0.392 e. The van der Waals surface area contributed by atoms with E-state index in [-0.39, 0.29) is 31.1 Å². The highest BCUT2D eigenvalue weighted by atomic mass is 16.7. The van der Waals surface area contributed by atoms with Gasteiger partial charge in [-0.3, -0.25) is 4.79 Å². The van der Waals surface area contributed by atoms with Crippen molar-refractivity contribution in [2.45, 2.75) is 141 Å². The molecule has 0 aromatic heterocycles. The summed E-state index contributed by atoms with van der Waals surface area (Å²) in [4.78, 5) is 14.9. The molecule has 0 radical (unpaired) electrons. The number of aliphatic hydroxyl groups is 5. The number of nitrogens with one attached hydrogen (secondary N) is 1. The molecule has 11 heteroatoms. The maximum absolute atomic E-state index is 13.5. The Balaban J connectivity index is 2.51. The highest BCUT2D eigenvalue weighted by Crippen LogP contribution is 2.36. The maximum atomic E-state index is 13.5. The molecule has 0 spiro atoms. The van der Waals surface area contributed by atoms with E-state index in [1.54, 1.807) is 48.7 Å². The zero-order chi connectivity index (χ0) is 30.7. The van der Waals surface area contributed by atoms with Gasteiger partial charge in [0.2, 0.25) is 5.91 Å². The van der Waals surface area contributed by atoms with Crippen LogP contribution in [0.5, 0.6) is 0 Å². The Morgan fingerprint density at radius 1 is 1.07 bits per heavy atom. The Kier molecular flexibility index (Phi) is 12.4. The minimum absolute atomic E-state index is 0.0204. The summed E-state index contributed by atoms with van der Waals surface area (Å²) < 4.78 is 18.3. The lowest BCUT2D eigenvalue weighted by atomic mass is 9.78. The van der Waals surface area contributed by atoms with Gasteiger partial charge in [-0.2, -0.15) is 0 Å². The average molecular weight is 577 g/mol. The van der Waals surface area contributed by atoms with Crippen molar-refractivity contribution < 1.29 is 44.5 Å². The van der Waals surface area contributed by atoms with Crippen molar-refractivity contribution in [3.8, 4) is 0 Å². The van der Waals surface area contributed by atoms with Crippen molar-refractivity contribution in [1.82, 2.24) is 10.2 Å². The van der Waals surface area contributed by atoms with E-state index < -0.39 is 71.8 Å². The number of hydrogen-bond acceptors (Lipinski definition) is 10. The van der Waals surface area contributed by atoms with E-state index in [9.17, 15) is 30.3 Å². The van der Waals surface area contributed by atoms with Gasteiger partial charge in [-0.1, -0.05) is 27.7 Å². The van der Waals surface area contributed by atoms with Gasteiger partial charge in [0.05, 0.1) is 42.7 Å². The Bertz CT molecular complexity index is 812. The van der Waals surface area contributed by atoms with Gasteiger partial charge in [0, 0.05) is 30.8 Å². The molecule has 0 aromatic rings. The second kappa shape index (κ2) is 14.1. The lowest BCUT2D eigenvalue weighted by Gasteiger charge is -2.45. The van der Waals surface area contributed by atoms with Crippen molar-refractivity contribution >= 4 is 5.91 Å². The first-order valence-electron chi connectivity index (χ1n) is 14.8. The number of hydrogen-bond donors (Lipinski definition) is 6. The molecule has 2 fully saturated rings. The predicted molar refractivity (Wildman–Crippen MR) is 150 cm³/mol. The van der Waals surface area contributed by atoms with Gasteiger partial charge in [0.15, 0.2) is 6.29 Å². The first-order valence-corrected chi connectivity index (χ1v) is 14.8. The van der Waals surface area contributed by atoms with Crippen molar-refractivity contribution in [1.29, 1.82) is 0 Å². The van der Waals surface area contributed by atoms with Crippen LogP contribution in [0.2, 0.25) is 0 Å². The summed E-state index contributed by atoms with van der Waals surface area (Å²) in [7, 11) is 3.31. The molecule has 2 aliphatic heterocycles. The SMILES string of the molecule is CC[C@H]1OC[C@@H](C)[C@H](O)[C@H](C)[C@@H](O[C@@H]2O[C@H](C)C[C@H](NC)[C@H]2O)[C@](C)(O)C[C@@H](C)C(=O)N(C)[C@H](C)[C@@H](O)[C@]1(C)O. The first-order chi connectivity index (χ1) is 18.4. The van der Waals surface area contributed by atoms with Crippen LogP contribution in [0.25, 0.3) is 0 Å². The molecular formula is C29H56N2O9. The van der Waals surface area contributed by atoms with Crippen LogP contribution in [0.15, 0.2) is 0 Å². The Labute approximate surface area is 240 Å². The van der Waals surface area contributed by atoms with Crippen molar-refractivity contribution in [2.24, 2.45) is 17.8 Å². The molecule has 0 aliphatic carbocycles. The molecule has 40 heavy (non-hydrogen) atoms. The third-order valence-corrected chi connectivity index (χ3v) is 9.25. The fourth-order valence-electron chi connectivity index (χ4n) is 6.46. The Morgan fingerprint density at radius 3 is 2.23 bits per heavy atom. The van der Waals surface area contributed by atoms with Crippen LogP contribution < -0.4 is 5.32 Å². The molecule has 2 heterocycles. The molecule has 6 N–H and O–H groups in total. The van der Waals surface area contributed by atoms with Crippen LogP contribution in [0.4, 0.5) is 0 Å². The summed E-state index contributed by atoms with van der Waals surface area (Å²) in [5, 5.41) is 59.8.